The van der Waals surface area contributed by atoms with E-state index in [0.29, 0.717) is 10.7 Å². The fourth-order valence-electron chi connectivity index (χ4n) is 1.76. The van der Waals surface area contributed by atoms with Crippen molar-refractivity contribution in [2.45, 2.75) is 44.0 Å². The molecule has 4 heteroatoms. The monoisotopic (exact) mass is 277 g/mol. The van der Waals surface area contributed by atoms with E-state index in [1.54, 1.807) is 0 Å². The van der Waals surface area contributed by atoms with Gasteiger partial charge in [0.25, 0.3) is 0 Å². The summed E-state index contributed by atoms with van der Waals surface area (Å²) in [7, 11) is 0. The van der Waals surface area contributed by atoms with Gasteiger partial charge >= 0.3 is 0 Å². The predicted molar refractivity (Wildman–Crippen MR) is 64.2 cm³/mol. The number of halogens is 1. The van der Waals surface area contributed by atoms with Gasteiger partial charge < -0.3 is 10.1 Å². The van der Waals surface area contributed by atoms with Gasteiger partial charge in [-0.3, -0.25) is 4.79 Å². The molecule has 0 radical (unpaired) electrons. The highest BCUT2D eigenvalue weighted by atomic mass is 79.9. The molecule has 0 heterocycles. The maximum Gasteiger partial charge on any atom is 0.246 e. The standard InChI is InChI=1S/C11H20BrNO2/c1-8(2)15-7-11(14)13-6-9-4-3-5-10(9)12/h8-10H,3-7H2,1-2H3,(H,13,14). The fraction of sp³-hybridized carbons (Fsp3) is 0.909. The van der Waals surface area contributed by atoms with Crippen molar-refractivity contribution in [1.29, 1.82) is 0 Å². The molecule has 1 rings (SSSR count). The predicted octanol–water partition coefficient (Wildman–Crippen LogP) is 2.09. The number of hydrogen-bond acceptors (Lipinski definition) is 2. The minimum Gasteiger partial charge on any atom is -0.369 e. The highest BCUT2D eigenvalue weighted by Gasteiger charge is 2.24. The molecule has 15 heavy (non-hydrogen) atoms. The second kappa shape index (κ2) is 6.48. The summed E-state index contributed by atoms with van der Waals surface area (Å²) in [6, 6.07) is 0. The van der Waals surface area contributed by atoms with Crippen LogP contribution in [0.15, 0.2) is 0 Å². The van der Waals surface area contributed by atoms with E-state index in [-0.39, 0.29) is 18.6 Å². The minimum absolute atomic E-state index is 0.00435. The van der Waals surface area contributed by atoms with Crippen molar-refractivity contribution in [1.82, 2.24) is 5.32 Å². The summed E-state index contributed by atoms with van der Waals surface area (Å²) in [6.45, 7) is 4.81. The zero-order valence-electron chi connectivity index (χ0n) is 9.46. The largest absolute Gasteiger partial charge is 0.369 e. The third kappa shape index (κ3) is 4.98. The smallest absolute Gasteiger partial charge is 0.246 e. The zero-order chi connectivity index (χ0) is 11.3. The van der Waals surface area contributed by atoms with Crippen molar-refractivity contribution in [3.8, 4) is 0 Å². The lowest BCUT2D eigenvalue weighted by Crippen LogP contribution is -2.34. The zero-order valence-corrected chi connectivity index (χ0v) is 11.0. The minimum atomic E-state index is -0.00435. The number of alkyl halides is 1. The summed E-state index contributed by atoms with van der Waals surface area (Å²) >= 11 is 3.63. The molecule has 1 amide bonds. The van der Waals surface area contributed by atoms with E-state index in [2.05, 4.69) is 21.2 Å². The molecule has 1 saturated carbocycles. The van der Waals surface area contributed by atoms with E-state index in [1.807, 2.05) is 13.8 Å². The molecule has 2 atom stereocenters. The second-order valence-electron chi connectivity index (χ2n) is 4.37. The molecule has 2 unspecified atom stereocenters. The van der Waals surface area contributed by atoms with Gasteiger partial charge in [-0.05, 0) is 32.6 Å². The SMILES string of the molecule is CC(C)OCC(=O)NCC1CCCC1Br. The fourth-order valence-corrected chi connectivity index (χ4v) is 2.53. The Labute approximate surface area is 100 Å². The van der Waals surface area contributed by atoms with Gasteiger partial charge in [0.1, 0.15) is 6.61 Å². The molecule has 0 spiro atoms. The van der Waals surface area contributed by atoms with Crippen LogP contribution in [0.5, 0.6) is 0 Å². The molecule has 0 aromatic heterocycles. The molecule has 88 valence electrons. The third-order valence-corrected chi connectivity index (χ3v) is 3.88. The number of carbonyl (C=O) groups excluding carboxylic acids is 1. The van der Waals surface area contributed by atoms with E-state index in [0.717, 1.165) is 6.54 Å². The topological polar surface area (TPSA) is 38.3 Å². The van der Waals surface area contributed by atoms with Crippen molar-refractivity contribution in [3.63, 3.8) is 0 Å². The average molecular weight is 278 g/mol. The van der Waals surface area contributed by atoms with E-state index in [1.165, 1.54) is 19.3 Å². The molecule has 1 fully saturated rings. The first-order chi connectivity index (χ1) is 7.09. The molecule has 1 aliphatic carbocycles. The third-order valence-electron chi connectivity index (χ3n) is 2.68. The van der Waals surface area contributed by atoms with E-state index >= 15 is 0 Å². The average Bonchev–Trinajstić information content (AvgIpc) is 2.58. The normalized spacial score (nSPS) is 25.9. The summed E-state index contributed by atoms with van der Waals surface area (Å²) in [5.74, 6) is 0.586. The molecule has 0 aromatic carbocycles. The first-order valence-electron chi connectivity index (χ1n) is 5.62. The molecule has 1 N–H and O–H groups in total. The summed E-state index contributed by atoms with van der Waals surface area (Å²) in [5.41, 5.74) is 0. The molecule has 0 aliphatic heterocycles. The van der Waals surface area contributed by atoms with Crippen molar-refractivity contribution >= 4 is 21.8 Å². The van der Waals surface area contributed by atoms with Gasteiger partial charge in [-0.25, -0.2) is 0 Å². The van der Waals surface area contributed by atoms with Gasteiger partial charge in [-0.2, -0.15) is 0 Å². The van der Waals surface area contributed by atoms with Crippen LogP contribution in [0.4, 0.5) is 0 Å². The Morgan fingerprint density at radius 2 is 2.27 bits per heavy atom. The van der Waals surface area contributed by atoms with Gasteiger partial charge in [0.15, 0.2) is 0 Å². The number of amides is 1. The Bertz CT molecular complexity index is 209. The van der Waals surface area contributed by atoms with E-state index in [9.17, 15) is 4.79 Å². The Morgan fingerprint density at radius 3 is 2.80 bits per heavy atom. The molecular formula is C11H20BrNO2. The number of ether oxygens (including phenoxy) is 1. The van der Waals surface area contributed by atoms with Crippen LogP contribution >= 0.6 is 15.9 Å². The molecule has 3 nitrogen and oxygen atoms in total. The highest BCUT2D eigenvalue weighted by molar-refractivity contribution is 9.09. The lowest BCUT2D eigenvalue weighted by molar-refractivity contribution is -0.127. The molecule has 0 aromatic rings. The van der Waals surface area contributed by atoms with Gasteiger partial charge in [0, 0.05) is 11.4 Å². The van der Waals surface area contributed by atoms with Crippen LogP contribution in [0.1, 0.15) is 33.1 Å². The first kappa shape index (κ1) is 13.0. The Kier molecular flexibility index (Phi) is 5.61. The summed E-state index contributed by atoms with van der Waals surface area (Å²) in [6.07, 6.45) is 3.81. The maximum absolute atomic E-state index is 11.4. The number of nitrogens with one attached hydrogen (secondary N) is 1. The lowest BCUT2D eigenvalue weighted by Gasteiger charge is -2.15. The summed E-state index contributed by atoms with van der Waals surface area (Å²) < 4.78 is 5.22. The quantitative estimate of drug-likeness (QED) is 0.782. The molecule has 0 saturated heterocycles. The summed E-state index contributed by atoms with van der Waals surface area (Å²) in [4.78, 5) is 11.9. The Morgan fingerprint density at radius 1 is 1.53 bits per heavy atom. The van der Waals surface area contributed by atoms with Crippen LogP contribution in [0.2, 0.25) is 0 Å². The van der Waals surface area contributed by atoms with Crippen LogP contribution in [-0.2, 0) is 9.53 Å². The van der Waals surface area contributed by atoms with Crippen molar-refractivity contribution in [3.05, 3.63) is 0 Å². The Balaban J connectivity index is 2.11. The molecule has 1 aliphatic rings. The van der Waals surface area contributed by atoms with Crippen LogP contribution in [0.3, 0.4) is 0 Å². The number of hydrogen-bond donors (Lipinski definition) is 1. The number of rotatable bonds is 5. The lowest BCUT2D eigenvalue weighted by atomic mass is 10.1. The first-order valence-corrected chi connectivity index (χ1v) is 6.53. The van der Waals surface area contributed by atoms with Crippen molar-refractivity contribution in [2.75, 3.05) is 13.2 Å². The maximum atomic E-state index is 11.4. The van der Waals surface area contributed by atoms with Crippen LogP contribution in [0, 0.1) is 5.92 Å². The Hall–Kier alpha value is -0.0900. The van der Waals surface area contributed by atoms with Crippen molar-refractivity contribution in [2.24, 2.45) is 5.92 Å². The van der Waals surface area contributed by atoms with Crippen LogP contribution in [0.25, 0.3) is 0 Å². The summed E-state index contributed by atoms with van der Waals surface area (Å²) in [5, 5.41) is 2.92. The second-order valence-corrected chi connectivity index (χ2v) is 5.55. The van der Waals surface area contributed by atoms with E-state index < -0.39 is 0 Å². The van der Waals surface area contributed by atoms with Gasteiger partial charge in [0.2, 0.25) is 5.91 Å². The molecular weight excluding hydrogens is 258 g/mol. The van der Waals surface area contributed by atoms with Gasteiger partial charge in [-0.1, -0.05) is 22.4 Å². The van der Waals surface area contributed by atoms with Crippen LogP contribution in [-0.4, -0.2) is 30.0 Å². The number of carbonyl (C=O) groups is 1. The van der Waals surface area contributed by atoms with Gasteiger partial charge in [-0.15, -0.1) is 0 Å². The van der Waals surface area contributed by atoms with Gasteiger partial charge in [0.05, 0.1) is 6.10 Å². The van der Waals surface area contributed by atoms with Crippen LogP contribution < -0.4 is 5.32 Å². The van der Waals surface area contributed by atoms with Crippen molar-refractivity contribution < 1.29 is 9.53 Å². The highest BCUT2D eigenvalue weighted by Crippen LogP contribution is 2.30. The van der Waals surface area contributed by atoms with E-state index in [4.69, 9.17) is 4.74 Å². The molecule has 0 bridgehead atoms.